The van der Waals surface area contributed by atoms with Gasteiger partial charge in [-0.3, -0.25) is 9.69 Å². The van der Waals surface area contributed by atoms with Crippen LogP contribution in [0.3, 0.4) is 0 Å². The standard InChI is InChI=1S/C20H23N3OS/c24-20-16-5-6-18(23(20)10-17-12-25-13-21-17)11-22(9-16)19-7-14-3-1-2-4-15(14)8-19/h1-4,12-13,16,18-19H,5-11H2/t16-,18+/m0/s1. The van der Waals surface area contributed by atoms with Crippen LogP contribution < -0.4 is 0 Å². The number of carbonyl (C=O) groups is 1. The van der Waals surface area contributed by atoms with Gasteiger partial charge in [-0.25, -0.2) is 4.98 Å². The molecule has 0 radical (unpaired) electrons. The first-order chi connectivity index (χ1) is 12.3. The van der Waals surface area contributed by atoms with Crippen molar-refractivity contribution in [3.05, 3.63) is 52.0 Å². The summed E-state index contributed by atoms with van der Waals surface area (Å²) in [6.45, 7) is 2.63. The molecule has 25 heavy (non-hydrogen) atoms. The molecule has 1 aromatic carbocycles. The van der Waals surface area contributed by atoms with Crippen LogP contribution in [0.5, 0.6) is 0 Å². The van der Waals surface area contributed by atoms with Gasteiger partial charge in [0.05, 0.1) is 23.7 Å². The zero-order valence-electron chi connectivity index (χ0n) is 14.3. The van der Waals surface area contributed by atoms with Crippen molar-refractivity contribution < 1.29 is 4.79 Å². The van der Waals surface area contributed by atoms with Gasteiger partial charge in [-0.2, -0.15) is 0 Å². The van der Waals surface area contributed by atoms with E-state index in [9.17, 15) is 4.79 Å². The number of aromatic nitrogens is 1. The molecule has 2 bridgehead atoms. The summed E-state index contributed by atoms with van der Waals surface area (Å²) < 4.78 is 0. The smallest absolute Gasteiger partial charge is 0.227 e. The van der Waals surface area contributed by atoms with E-state index in [1.807, 2.05) is 5.51 Å². The highest BCUT2D eigenvalue weighted by Crippen LogP contribution is 2.34. The van der Waals surface area contributed by atoms with Crippen LogP contribution in [0.25, 0.3) is 0 Å². The third kappa shape index (κ3) is 2.79. The minimum absolute atomic E-state index is 0.168. The highest BCUT2D eigenvalue weighted by Gasteiger charge is 2.43. The monoisotopic (exact) mass is 353 g/mol. The largest absolute Gasteiger partial charge is 0.332 e. The second kappa shape index (κ2) is 6.22. The molecule has 3 saturated heterocycles. The van der Waals surface area contributed by atoms with Gasteiger partial charge in [0.15, 0.2) is 0 Å². The van der Waals surface area contributed by atoms with Gasteiger partial charge in [0.2, 0.25) is 5.91 Å². The Morgan fingerprint density at radius 2 is 1.88 bits per heavy atom. The molecule has 1 aromatic heterocycles. The molecule has 0 saturated carbocycles. The molecule has 2 aromatic rings. The average molecular weight is 353 g/mol. The lowest BCUT2D eigenvalue weighted by Gasteiger charge is -2.36. The van der Waals surface area contributed by atoms with Gasteiger partial charge in [-0.05, 0) is 36.8 Å². The number of nitrogens with zero attached hydrogens (tertiary/aromatic N) is 3. The Morgan fingerprint density at radius 1 is 1.08 bits per heavy atom. The van der Waals surface area contributed by atoms with E-state index in [1.165, 1.54) is 11.1 Å². The molecule has 1 amide bonds. The number of benzene rings is 1. The summed E-state index contributed by atoms with van der Waals surface area (Å²) in [5, 5.41) is 2.07. The van der Waals surface area contributed by atoms with Crippen molar-refractivity contribution in [2.75, 3.05) is 13.1 Å². The first kappa shape index (κ1) is 15.5. The van der Waals surface area contributed by atoms with Crippen LogP contribution in [0.2, 0.25) is 0 Å². The third-order valence-electron chi connectivity index (χ3n) is 6.18. The van der Waals surface area contributed by atoms with E-state index < -0.39 is 0 Å². The van der Waals surface area contributed by atoms with Gasteiger partial charge >= 0.3 is 0 Å². The molecule has 130 valence electrons. The lowest BCUT2D eigenvalue weighted by Crippen LogP contribution is -2.47. The van der Waals surface area contributed by atoms with Crippen LogP contribution in [0.15, 0.2) is 35.2 Å². The molecule has 2 atom stereocenters. The predicted octanol–water partition coefficient (Wildman–Crippen LogP) is 2.73. The molecular weight excluding hydrogens is 330 g/mol. The van der Waals surface area contributed by atoms with Crippen molar-refractivity contribution in [2.24, 2.45) is 5.92 Å². The Balaban J connectivity index is 1.35. The number of hydrogen-bond donors (Lipinski definition) is 0. The molecule has 3 aliphatic heterocycles. The van der Waals surface area contributed by atoms with Crippen LogP contribution in [0.4, 0.5) is 0 Å². The van der Waals surface area contributed by atoms with E-state index in [0.717, 1.165) is 44.5 Å². The Hall–Kier alpha value is -1.72. The van der Waals surface area contributed by atoms with Crippen LogP contribution in [0, 0.1) is 5.92 Å². The van der Waals surface area contributed by atoms with E-state index in [2.05, 4.69) is 44.4 Å². The highest BCUT2D eigenvalue weighted by molar-refractivity contribution is 7.07. The lowest BCUT2D eigenvalue weighted by molar-refractivity contribution is -0.140. The molecule has 3 fully saturated rings. The molecule has 0 N–H and O–H groups in total. The number of carbonyl (C=O) groups excluding carboxylic acids is 1. The normalized spacial score (nSPS) is 26.9. The lowest BCUT2D eigenvalue weighted by atomic mass is 9.94. The predicted molar refractivity (Wildman–Crippen MR) is 98.4 cm³/mol. The molecule has 4 nitrogen and oxygen atoms in total. The molecule has 0 unspecified atom stereocenters. The molecule has 1 aliphatic carbocycles. The number of amides is 1. The quantitative estimate of drug-likeness (QED) is 0.851. The van der Waals surface area contributed by atoms with E-state index in [0.29, 0.717) is 24.5 Å². The van der Waals surface area contributed by atoms with Crippen molar-refractivity contribution in [3.8, 4) is 0 Å². The summed E-state index contributed by atoms with van der Waals surface area (Å²) in [5.74, 6) is 0.517. The van der Waals surface area contributed by atoms with Gasteiger partial charge in [0.1, 0.15) is 0 Å². The van der Waals surface area contributed by atoms with E-state index in [4.69, 9.17) is 0 Å². The Kier molecular flexibility index (Phi) is 3.86. The summed E-state index contributed by atoms with van der Waals surface area (Å²) in [5.41, 5.74) is 5.88. The molecule has 6 rings (SSSR count). The fourth-order valence-corrected chi connectivity index (χ4v) is 5.41. The molecule has 4 aliphatic rings. The second-order valence-corrected chi connectivity index (χ2v) is 8.38. The van der Waals surface area contributed by atoms with E-state index in [-0.39, 0.29) is 5.92 Å². The molecule has 0 spiro atoms. The van der Waals surface area contributed by atoms with Crippen molar-refractivity contribution in [2.45, 2.75) is 44.3 Å². The van der Waals surface area contributed by atoms with E-state index in [1.54, 1.807) is 11.3 Å². The van der Waals surface area contributed by atoms with Gasteiger partial charge in [-0.15, -0.1) is 11.3 Å². The maximum Gasteiger partial charge on any atom is 0.227 e. The van der Waals surface area contributed by atoms with Crippen LogP contribution in [0.1, 0.15) is 29.7 Å². The SMILES string of the molecule is O=C1[C@H]2CC[C@H](CN(C3Cc4ccccc4C3)C2)N1Cc1cscn1. The maximum atomic E-state index is 13.0. The summed E-state index contributed by atoms with van der Waals surface area (Å²) in [6, 6.07) is 9.73. The number of fused-ring (bicyclic) bond motifs is 5. The Morgan fingerprint density at radius 3 is 2.60 bits per heavy atom. The van der Waals surface area contributed by atoms with E-state index >= 15 is 0 Å². The third-order valence-corrected chi connectivity index (χ3v) is 6.82. The van der Waals surface area contributed by atoms with Gasteiger partial charge < -0.3 is 4.90 Å². The Bertz CT molecular complexity index is 750. The van der Waals surface area contributed by atoms with Gasteiger partial charge in [0.25, 0.3) is 0 Å². The van der Waals surface area contributed by atoms with Gasteiger partial charge in [0, 0.05) is 30.6 Å². The van der Waals surface area contributed by atoms with Crippen LogP contribution >= 0.6 is 11.3 Å². The number of piperidine rings is 1. The van der Waals surface area contributed by atoms with Crippen molar-refractivity contribution >= 4 is 17.2 Å². The van der Waals surface area contributed by atoms with Crippen molar-refractivity contribution in [1.29, 1.82) is 0 Å². The minimum atomic E-state index is 0.168. The first-order valence-electron chi connectivity index (χ1n) is 9.26. The summed E-state index contributed by atoms with van der Waals surface area (Å²) in [6.07, 6.45) is 4.45. The minimum Gasteiger partial charge on any atom is -0.332 e. The van der Waals surface area contributed by atoms with Crippen molar-refractivity contribution in [1.82, 2.24) is 14.8 Å². The summed E-state index contributed by atoms with van der Waals surface area (Å²) >= 11 is 1.61. The second-order valence-electron chi connectivity index (χ2n) is 7.66. The zero-order chi connectivity index (χ0) is 16.8. The fourth-order valence-electron chi connectivity index (χ4n) is 4.86. The number of hydrogen-bond acceptors (Lipinski definition) is 4. The van der Waals surface area contributed by atoms with Crippen LogP contribution in [-0.2, 0) is 24.2 Å². The summed E-state index contributed by atoms with van der Waals surface area (Å²) in [7, 11) is 0. The number of rotatable bonds is 3. The average Bonchev–Trinajstić information content (AvgIpc) is 3.21. The number of thiazole rings is 1. The molecular formula is C20H23N3OS. The molecule has 5 heteroatoms. The topological polar surface area (TPSA) is 36.4 Å². The van der Waals surface area contributed by atoms with Gasteiger partial charge in [-0.1, -0.05) is 24.3 Å². The maximum absolute atomic E-state index is 13.0. The Labute approximate surface area is 152 Å². The molecule has 4 heterocycles. The highest BCUT2D eigenvalue weighted by atomic mass is 32.1. The first-order valence-corrected chi connectivity index (χ1v) is 10.2. The fraction of sp³-hybridized carbons (Fsp3) is 0.500. The summed E-state index contributed by atoms with van der Waals surface area (Å²) in [4.78, 5) is 22.1. The van der Waals surface area contributed by atoms with Crippen LogP contribution in [-0.4, -0.2) is 45.9 Å². The zero-order valence-corrected chi connectivity index (χ0v) is 15.1. The van der Waals surface area contributed by atoms with Crippen molar-refractivity contribution in [3.63, 3.8) is 0 Å².